The fourth-order valence-corrected chi connectivity index (χ4v) is 1.40. The van der Waals surface area contributed by atoms with E-state index >= 15 is 0 Å². The minimum Gasteiger partial charge on any atom is -0.508 e. The summed E-state index contributed by atoms with van der Waals surface area (Å²) in [6, 6.07) is 1.31. The molecule has 1 unspecified atom stereocenters. The Morgan fingerprint density at radius 1 is 1.50 bits per heavy atom. The summed E-state index contributed by atoms with van der Waals surface area (Å²) in [5.74, 6) is -1.06. The van der Waals surface area contributed by atoms with E-state index in [-0.39, 0.29) is 17.7 Å². The van der Waals surface area contributed by atoms with Gasteiger partial charge in [-0.1, -0.05) is 0 Å². The first-order chi connectivity index (χ1) is 8.25. The van der Waals surface area contributed by atoms with Gasteiger partial charge in [-0.25, -0.2) is 0 Å². The van der Waals surface area contributed by atoms with Gasteiger partial charge in [0.15, 0.2) is 0 Å². The number of nitrogens with two attached hydrogens (primary N) is 1. The number of alkyl halides is 3. The summed E-state index contributed by atoms with van der Waals surface area (Å²) in [5, 5.41) is 9.46. The van der Waals surface area contributed by atoms with Crippen molar-refractivity contribution in [3.8, 4) is 5.75 Å². The lowest BCUT2D eigenvalue weighted by molar-refractivity contribution is -0.141. The second-order valence-electron chi connectivity index (χ2n) is 3.66. The highest BCUT2D eigenvalue weighted by molar-refractivity contribution is 5.70. The molecule has 0 bridgehead atoms. The number of carbonyl (C=O) groups excluding carboxylic acids is 1. The first-order valence-electron chi connectivity index (χ1n) is 4.98. The summed E-state index contributed by atoms with van der Waals surface area (Å²) in [6.45, 7) is 0. The van der Waals surface area contributed by atoms with Crippen LogP contribution in [0.25, 0.3) is 0 Å². The molecule has 1 aromatic carbocycles. The molecule has 100 valence electrons. The number of ether oxygens (including phenoxy) is 1. The number of rotatable bonds is 3. The van der Waals surface area contributed by atoms with Crippen LogP contribution < -0.4 is 5.73 Å². The number of halogens is 3. The van der Waals surface area contributed by atoms with Crippen LogP contribution in [0.1, 0.15) is 23.6 Å². The van der Waals surface area contributed by atoms with Crippen LogP contribution in [0.2, 0.25) is 0 Å². The molecule has 1 aromatic rings. The maximum absolute atomic E-state index is 12.5. The molecule has 0 saturated carbocycles. The van der Waals surface area contributed by atoms with Gasteiger partial charge in [-0.3, -0.25) is 4.79 Å². The van der Waals surface area contributed by atoms with Gasteiger partial charge in [-0.2, -0.15) is 13.2 Å². The topological polar surface area (TPSA) is 72.5 Å². The Labute approximate surface area is 101 Å². The molecule has 0 saturated heterocycles. The lowest BCUT2D eigenvalue weighted by Crippen LogP contribution is -2.17. The summed E-state index contributed by atoms with van der Waals surface area (Å²) >= 11 is 0. The van der Waals surface area contributed by atoms with Gasteiger partial charge in [0.25, 0.3) is 0 Å². The zero-order valence-corrected chi connectivity index (χ0v) is 9.49. The summed E-state index contributed by atoms with van der Waals surface area (Å²) in [7, 11) is 1.14. The Kier molecular flexibility index (Phi) is 4.18. The SMILES string of the molecule is COC(=O)CC(N)c1cc(C(F)(F)F)ccc1O. The van der Waals surface area contributed by atoms with E-state index in [4.69, 9.17) is 5.73 Å². The fraction of sp³-hybridized carbons (Fsp3) is 0.364. The lowest BCUT2D eigenvalue weighted by atomic mass is 10.0. The summed E-state index contributed by atoms with van der Waals surface area (Å²) in [6.07, 6.45) is -4.85. The number of aromatic hydroxyl groups is 1. The average Bonchev–Trinajstić information content (AvgIpc) is 2.27. The molecule has 0 heterocycles. The van der Waals surface area contributed by atoms with Crippen LogP contribution >= 0.6 is 0 Å². The Bertz CT molecular complexity index is 446. The number of hydrogen-bond acceptors (Lipinski definition) is 4. The van der Waals surface area contributed by atoms with Gasteiger partial charge in [0.05, 0.1) is 19.1 Å². The molecular weight excluding hydrogens is 251 g/mol. The molecule has 0 aromatic heterocycles. The first-order valence-corrected chi connectivity index (χ1v) is 4.98. The molecule has 1 rings (SSSR count). The number of esters is 1. The Balaban J connectivity index is 3.04. The molecule has 0 radical (unpaired) electrons. The smallest absolute Gasteiger partial charge is 0.416 e. The van der Waals surface area contributed by atoms with E-state index in [1.165, 1.54) is 0 Å². The van der Waals surface area contributed by atoms with E-state index in [0.717, 1.165) is 25.3 Å². The van der Waals surface area contributed by atoms with Crippen molar-refractivity contribution < 1.29 is 27.8 Å². The highest BCUT2D eigenvalue weighted by Crippen LogP contribution is 2.34. The van der Waals surface area contributed by atoms with Crippen molar-refractivity contribution in [1.29, 1.82) is 0 Å². The van der Waals surface area contributed by atoms with Crippen LogP contribution in [0, 0.1) is 0 Å². The fourth-order valence-electron chi connectivity index (χ4n) is 1.40. The van der Waals surface area contributed by atoms with E-state index in [0.29, 0.717) is 0 Å². The van der Waals surface area contributed by atoms with E-state index in [1.54, 1.807) is 0 Å². The third-order valence-corrected chi connectivity index (χ3v) is 2.37. The normalized spacial score (nSPS) is 13.2. The molecule has 18 heavy (non-hydrogen) atoms. The number of methoxy groups -OCH3 is 1. The van der Waals surface area contributed by atoms with Crippen molar-refractivity contribution >= 4 is 5.97 Å². The van der Waals surface area contributed by atoms with E-state index in [9.17, 15) is 23.1 Å². The van der Waals surface area contributed by atoms with Crippen molar-refractivity contribution in [2.45, 2.75) is 18.6 Å². The maximum atomic E-state index is 12.5. The van der Waals surface area contributed by atoms with Gasteiger partial charge >= 0.3 is 12.1 Å². The highest BCUT2D eigenvalue weighted by Gasteiger charge is 2.31. The lowest BCUT2D eigenvalue weighted by Gasteiger charge is -2.15. The summed E-state index contributed by atoms with van der Waals surface area (Å²) in [4.78, 5) is 11.0. The minimum absolute atomic E-state index is 0.143. The second-order valence-corrected chi connectivity index (χ2v) is 3.66. The minimum atomic E-state index is -4.53. The molecule has 0 aliphatic rings. The van der Waals surface area contributed by atoms with Crippen LogP contribution in [0.4, 0.5) is 13.2 Å². The van der Waals surface area contributed by atoms with Gasteiger partial charge in [0.1, 0.15) is 5.75 Å². The first kappa shape index (κ1) is 14.3. The van der Waals surface area contributed by atoms with Crippen LogP contribution in [0.3, 0.4) is 0 Å². The number of carbonyl (C=O) groups is 1. The van der Waals surface area contributed by atoms with E-state index in [1.807, 2.05) is 0 Å². The van der Waals surface area contributed by atoms with Crippen LogP contribution in [0.5, 0.6) is 5.75 Å². The van der Waals surface area contributed by atoms with Gasteiger partial charge in [0, 0.05) is 11.6 Å². The van der Waals surface area contributed by atoms with E-state index in [2.05, 4.69) is 4.74 Å². The number of hydrogen-bond donors (Lipinski definition) is 2. The maximum Gasteiger partial charge on any atom is 0.416 e. The van der Waals surface area contributed by atoms with Crippen LogP contribution in [-0.4, -0.2) is 18.2 Å². The van der Waals surface area contributed by atoms with Crippen LogP contribution in [-0.2, 0) is 15.7 Å². The average molecular weight is 263 g/mol. The quantitative estimate of drug-likeness (QED) is 0.818. The van der Waals surface area contributed by atoms with Gasteiger partial charge in [0.2, 0.25) is 0 Å². The Morgan fingerprint density at radius 2 is 2.11 bits per heavy atom. The summed E-state index contributed by atoms with van der Waals surface area (Å²) in [5.41, 5.74) is 4.48. The standard InChI is InChI=1S/C11H12F3NO3/c1-18-10(17)5-8(15)7-4-6(11(12,13)14)2-3-9(7)16/h2-4,8,16H,5,15H2,1H3. The van der Waals surface area contributed by atoms with E-state index < -0.39 is 23.8 Å². The number of phenols is 1. The largest absolute Gasteiger partial charge is 0.508 e. The number of phenolic OH excluding ortho intramolecular Hbond substituents is 1. The Hall–Kier alpha value is -1.76. The second kappa shape index (κ2) is 5.26. The molecule has 0 aliphatic carbocycles. The molecular formula is C11H12F3NO3. The zero-order chi connectivity index (χ0) is 13.9. The summed E-state index contributed by atoms with van der Waals surface area (Å²) < 4.78 is 41.8. The third kappa shape index (κ3) is 3.36. The zero-order valence-electron chi connectivity index (χ0n) is 9.49. The monoisotopic (exact) mass is 263 g/mol. The predicted molar refractivity (Wildman–Crippen MR) is 56.7 cm³/mol. The van der Waals surface area contributed by atoms with Gasteiger partial charge in [-0.15, -0.1) is 0 Å². The van der Waals surface area contributed by atoms with Crippen molar-refractivity contribution in [1.82, 2.24) is 0 Å². The molecule has 4 nitrogen and oxygen atoms in total. The molecule has 7 heteroatoms. The van der Waals surface area contributed by atoms with Crippen molar-refractivity contribution in [2.24, 2.45) is 5.73 Å². The Morgan fingerprint density at radius 3 is 2.61 bits per heavy atom. The molecule has 1 atom stereocenters. The van der Waals surface area contributed by atoms with Gasteiger partial charge in [-0.05, 0) is 18.2 Å². The predicted octanol–water partition coefficient (Wildman–Crippen LogP) is 1.97. The third-order valence-electron chi connectivity index (χ3n) is 2.37. The van der Waals surface area contributed by atoms with Gasteiger partial charge < -0.3 is 15.6 Å². The molecule has 0 amide bonds. The molecule has 3 N–H and O–H groups in total. The van der Waals surface area contributed by atoms with Crippen molar-refractivity contribution in [3.05, 3.63) is 29.3 Å². The van der Waals surface area contributed by atoms with Crippen molar-refractivity contribution in [2.75, 3.05) is 7.11 Å². The molecule has 0 spiro atoms. The number of benzene rings is 1. The highest BCUT2D eigenvalue weighted by atomic mass is 19.4. The molecule has 0 fully saturated rings. The van der Waals surface area contributed by atoms with Crippen LogP contribution in [0.15, 0.2) is 18.2 Å². The van der Waals surface area contributed by atoms with Crippen molar-refractivity contribution in [3.63, 3.8) is 0 Å². The molecule has 0 aliphatic heterocycles.